The highest BCUT2D eigenvalue weighted by molar-refractivity contribution is 5.41. The summed E-state index contributed by atoms with van der Waals surface area (Å²) in [6, 6.07) is 0.585. The molecule has 0 aliphatic carbocycles. The van der Waals surface area contributed by atoms with Crippen molar-refractivity contribution in [1.82, 2.24) is 15.3 Å². The van der Waals surface area contributed by atoms with E-state index in [-0.39, 0.29) is 0 Å². The van der Waals surface area contributed by atoms with E-state index in [2.05, 4.69) is 20.2 Å². The molecule has 3 rings (SSSR count). The highest BCUT2D eigenvalue weighted by atomic mass is 16.5. The van der Waals surface area contributed by atoms with Gasteiger partial charge in [-0.05, 0) is 12.3 Å². The number of methoxy groups -OCH3 is 1. The van der Waals surface area contributed by atoms with Crippen LogP contribution < -0.4 is 15.0 Å². The molecule has 0 amide bonds. The zero-order chi connectivity index (χ0) is 11.0. The first-order valence-corrected chi connectivity index (χ1v) is 5.72. The van der Waals surface area contributed by atoms with Crippen LogP contribution in [0, 0.1) is 5.92 Å². The predicted octanol–water partition coefficient (Wildman–Crippen LogP) is 0.283. The Hall–Kier alpha value is -1.36. The normalized spacial score (nSPS) is 28.2. The van der Waals surface area contributed by atoms with Gasteiger partial charge in [-0.15, -0.1) is 0 Å². The molecule has 5 nitrogen and oxygen atoms in total. The number of nitrogens with one attached hydrogen (secondary N) is 1. The Bertz CT molecular complexity index is 384. The van der Waals surface area contributed by atoms with Gasteiger partial charge in [-0.1, -0.05) is 0 Å². The van der Waals surface area contributed by atoms with E-state index >= 15 is 0 Å². The molecule has 0 radical (unpaired) electrons. The lowest BCUT2D eigenvalue weighted by molar-refractivity contribution is 0.395. The molecule has 2 fully saturated rings. The van der Waals surface area contributed by atoms with Crippen LogP contribution in [0.5, 0.6) is 5.88 Å². The van der Waals surface area contributed by atoms with Crippen LogP contribution in [0.2, 0.25) is 0 Å². The van der Waals surface area contributed by atoms with Crippen LogP contribution in [0.1, 0.15) is 6.42 Å². The Morgan fingerprint density at radius 1 is 1.44 bits per heavy atom. The van der Waals surface area contributed by atoms with E-state index in [1.54, 1.807) is 13.3 Å². The third-order valence-electron chi connectivity index (χ3n) is 3.55. The first-order valence-electron chi connectivity index (χ1n) is 5.72. The van der Waals surface area contributed by atoms with Crippen LogP contribution >= 0.6 is 0 Å². The van der Waals surface area contributed by atoms with Gasteiger partial charge in [0, 0.05) is 25.7 Å². The van der Waals surface area contributed by atoms with E-state index in [0.717, 1.165) is 31.4 Å². The molecule has 2 aliphatic heterocycles. The Morgan fingerprint density at radius 2 is 2.38 bits per heavy atom. The zero-order valence-corrected chi connectivity index (χ0v) is 9.39. The Labute approximate surface area is 94.8 Å². The Kier molecular flexibility index (Phi) is 2.40. The van der Waals surface area contributed by atoms with Crippen molar-refractivity contribution in [1.29, 1.82) is 0 Å². The van der Waals surface area contributed by atoms with Crippen molar-refractivity contribution in [2.75, 3.05) is 31.6 Å². The maximum atomic E-state index is 5.11. The quantitative estimate of drug-likeness (QED) is 0.776. The van der Waals surface area contributed by atoms with Crippen molar-refractivity contribution >= 4 is 5.82 Å². The molecule has 0 spiro atoms. The summed E-state index contributed by atoms with van der Waals surface area (Å²) in [5.74, 6) is 2.30. The lowest BCUT2D eigenvalue weighted by atomic mass is 10.1. The zero-order valence-electron chi connectivity index (χ0n) is 9.39. The molecule has 3 heterocycles. The van der Waals surface area contributed by atoms with Gasteiger partial charge >= 0.3 is 0 Å². The number of aromatic nitrogens is 2. The van der Waals surface area contributed by atoms with Gasteiger partial charge < -0.3 is 15.0 Å². The van der Waals surface area contributed by atoms with Crippen LogP contribution in [0.15, 0.2) is 12.4 Å². The Morgan fingerprint density at radius 3 is 3.25 bits per heavy atom. The fourth-order valence-electron chi connectivity index (χ4n) is 2.71. The molecular weight excluding hydrogens is 204 g/mol. The number of fused-ring (bicyclic) bond motifs is 1. The van der Waals surface area contributed by atoms with Gasteiger partial charge in [0.15, 0.2) is 5.82 Å². The lowest BCUT2D eigenvalue weighted by Gasteiger charge is -2.24. The first kappa shape index (κ1) is 9.84. The van der Waals surface area contributed by atoms with E-state index in [1.165, 1.54) is 6.42 Å². The molecule has 0 unspecified atom stereocenters. The summed E-state index contributed by atoms with van der Waals surface area (Å²) in [5, 5.41) is 3.43. The minimum Gasteiger partial charge on any atom is -0.480 e. The third-order valence-corrected chi connectivity index (χ3v) is 3.55. The molecule has 2 saturated heterocycles. The molecule has 0 bridgehead atoms. The second-order valence-corrected chi connectivity index (χ2v) is 4.39. The third kappa shape index (κ3) is 1.51. The van der Waals surface area contributed by atoms with Crippen molar-refractivity contribution in [2.24, 2.45) is 5.92 Å². The molecule has 2 atom stereocenters. The SMILES string of the molecule is COc1cncc(N2CC[C@H]3CNC[C@H]32)n1. The number of nitrogens with zero attached hydrogens (tertiary/aromatic N) is 3. The number of hydrogen-bond acceptors (Lipinski definition) is 5. The lowest BCUT2D eigenvalue weighted by Crippen LogP contribution is -2.34. The van der Waals surface area contributed by atoms with Crippen LogP contribution in [-0.2, 0) is 0 Å². The Balaban J connectivity index is 1.86. The van der Waals surface area contributed by atoms with Crippen molar-refractivity contribution < 1.29 is 4.74 Å². The van der Waals surface area contributed by atoms with Gasteiger partial charge in [0.25, 0.3) is 0 Å². The molecule has 16 heavy (non-hydrogen) atoms. The fraction of sp³-hybridized carbons (Fsp3) is 0.636. The van der Waals surface area contributed by atoms with Crippen molar-refractivity contribution in [3.63, 3.8) is 0 Å². The number of anilines is 1. The molecular formula is C11H16N4O. The summed E-state index contributed by atoms with van der Waals surface area (Å²) in [4.78, 5) is 11.0. The average molecular weight is 220 g/mol. The number of rotatable bonds is 2. The topological polar surface area (TPSA) is 50.3 Å². The van der Waals surface area contributed by atoms with Gasteiger partial charge in [-0.2, -0.15) is 4.98 Å². The van der Waals surface area contributed by atoms with E-state index in [9.17, 15) is 0 Å². The van der Waals surface area contributed by atoms with E-state index < -0.39 is 0 Å². The molecule has 0 saturated carbocycles. The van der Waals surface area contributed by atoms with E-state index in [1.807, 2.05) is 6.20 Å². The first-order chi connectivity index (χ1) is 7.88. The summed E-state index contributed by atoms with van der Waals surface area (Å²) < 4.78 is 5.11. The van der Waals surface area contributed by atoms with Gasteiger partial charge in [-0.3, -0.25) is 4.98 Å². The largest absolute Gasteiger partial charge is 0.480 e. The van der Waals surface area contributed by atoms with E-state index in [4.69, 9.17) is 4.74 Å². The van der Waals surface area contributed by atoms with Gasteiger partial charge in [0.2, 0.25) is 5.88 Å². The summed E-state index contributed by atoms with van der Waals surface area (Å²) in [6.45, 7) is 3.28. The van der Waals surface area contributed by atoms with Crippen LogP contribution in [0.4, 0.5) is 5.82 Å². The van der Waals surface area contributed by atoms with Crippen molar-refractivity contribution in [2.45, 2.75) is 12.5 Å². The standard InChI is InChI=1S/C11H16N4O/c1-16-11-7-13-6-10(14-11)15-3-2-8-4-12-5-9(8)15/h6-9,12H,2-5H2,1H3/t8-,9+/m0/s1. The molecule has 1 aromatic rings. The second-order valence-electron chi connectivity index (χ2n) is 4.39. The molecule has 1 aromatic heterocycles. The molecule has 1 N–H and O–H groups in total. The van der Waals surface area contributed by atoms with Gasteiger partial charge in [0.05, 0.1) is 19.5 Å². The highest BCUT2D eigenvalue weighted by Crippen LogP contribution is 2.30. The van der Waals surface area contributed by atoms with Crippen LogP contribution in [0.3, 0.4) is 0 Å². The average Bonchev–Trinajstić information content (AvgIpc) is 2.90. The molecule has 86 valence electrons. The maximum Gasteiger partial charge on any atom is 0.233 e. The summed E-state index contributed by atoms with van der Waals surface area (Å²) in [6.07, 6.45) is 4.71. The molecule has 5 heteroatoms. The monoisotopic (exact) mass is 220 g/mol. The van der Waals surface area contributed by atoms with Gasteiger partial charge in [-0.25, -0.2) is 0 Å². The summed E-state index contributed by atoms with van der Waals surface area (Å²) in [7, 11) is 1.62. The van der Waals surface area contributed by atoms with Crippen molar-refractivity contribution in [3.05, 3.63) is 12.4 Å². The van der Waals surface area contributed by atoms with Gasteiger partial charge in [0.1, 0.15) is 0 Å². The maximum absolute atomic E-state index is 5.11. The highest BCUT2D eigenvalue weighted by Gasteiger charge is 2.38. The van der Waals surface area contributed by atoms with Crippen LogP contribution in [0.25, 0.3) is 0 Å². The minimum absolute atomic E-state index is 0.585. The van der Waals surface area contributed by atoms with E-state index in [0.29, 0.717) is 11.9 Å². The smallest absolute Gasteiger partial charge is 0.233 e. The summed E-state index contributed by atoms with van der Waals surface area (Å²) >= 11 is 0. The minimum atomic E-state index is 0.585. The molecule has 0 aromatic carbocycles. The fourth-order valence-corrected chi connectivity index (χ4v) is 2.71. The number of hydrogen-bond donors (Lipinski definition) is 1. The number of ether oxygens (including phenoxy) is 1. The van der Waals surface area contributed by atoms with Crippen molar-refractivity contribution in [3.8, 4) is 5.88 Å². The second kappa shape index (κ2) is 3.90. The predicted molar refractivity (Wildman–Crippen MR) is 60.7 cm³/mol. The summed E-state index contributed by atoms with van der Waals surface area (Å²) in [5.41, 5.74) is 0. The molecule has 2 aliphatic rings. The van der Waals surface area contributed by atoms with Crippen LogP contribution in [-0.4, -0.2) is 42.8 Å².